The number of halogens is 4. The topological polar surface area (TPSA) is 48.4 Å². The first-order chi connectivity index (χ1) is 10.5. The van der Waals surface area contributed by atoms with Crippen LogP contribution in [0.4, 0.5) is 18.9 Å². The van der Waals surface area contributed by atoms with Gasteiger partial charge in [0.1, 0.15) is 5.69 Å². The Morgan fingerprint density at radius 1 is 1.09 bits per heavy atom. The molecule has 0 saturated heterocycles. The molecule has 112 valence electrons. The van der Waals surface area contributed by atoms with E-state index in [-0.39, 0.29) is 17.1 Å². The molecule has 0 amide bonds. The maximum Gasteiger partial charge on any atom is 0.198 e. The molecule has 0 aliphatic heterocycles. The highest BCUT2D eigenvalue weighted by molar-refractivity contribution is 6.31. The summed E-state index contributed by atoms with van der Waals surface area (Å²) in [6.45, 7) is 0. The molecule has 3 nitrogen and oxygen atoms in total. The molecule has 7 heteroatoms. The zero-order valence-electron chi connectivity index (χ0n) is 10.9. The maximum atomic E-state index is 13.5. The van der Waals surface area contributed by atoms with Crippen molar-refractivity contribution in [2.45, 2.75) is 0 Å². The minimum absolute atomic E-state index is 0.191. The van der Waals surface area contributed by atoms with Gasteiger partial charge >= 0.3 is 0 Å². The molecular formula is C15H8ClF3N2O. The average molecular weight is 325 g/mol. The summed E-state index contributed by atoms with van der Waals surface area (Å²) in [6.07, 6.45) is 1.15. The summed E-state index contributed by atoms with van der Waals surface area (Å²) in [4.78, 5) is 6.46. The van der Waals surface area contributed by atoms with Crippen molar-refractivity contribution in [2.75, 3.05) is 0 Å². The molecule has 2 aromatic carbocycles. The second-order valence-electron chi connectivity index (χ2n) is 4.53. The number of aliphatic imine (C=N–C) groups is 1. The zero-order valence-corrected chi connectivity index (χ0v) is 11.6. The highest BCUT2D eigenvalue weighted by atomic mass is 35.5. The van der Waals surface area contributed by atoms with Gasteiger partial charge in [-0.2, -0.15) is 0 Å². The lowest BCUT2D eigenvalue weighted by Crippen LogP contribution is -1.90. The SMILES string of the molecule is Oc1[nH]c2ccc(Cl)cc2c1C=Nc1ccc(F)c(F)c1F. The molecule has 1 heterocycles. The predicted molar refractivity (Wildman–Crippen MR) is 78.5 cm³/mol. The Bertz CT molecular complexity index is 905. The molecule has 0 aliphatic carbocycles. The molecule has 0 unspecified atom stereocenters. The van der Waals surface area contributed by atoms with Crippen molar-refractivity contribution in [3.05, 3.63) is 58.4 Å². The molecule has 0 atom stereocenters. The predicted octanol–water partition coefficient (Wildman–Crippen LogP) is 4.69. The van der Waals surface area contributed by atoms with Crippen molar-refractivity contribution >= 4 is 34.4 Å². The number of rotatable bonds is 2. The standard InChI is InChI=1S/C15H8ClF3N2O/c16-7-1-3-11-8(5-7)9(15(22)21-11)6-20-12-4-2-10(17)13(18)14(12)19/h1-6,21-22H. The normalized spacial score (nSPS) is 11.6. The lowest BCUT2D eigenvalue weighted by molar-refractivity contribution is 0.448. The summed E-state index contributed by atoms with van der Waals surface area (Å²) in [5.41, 5.74) is 0.491. The Hall–Kier alpha value is -2.47. The molecule has 3 rings (SSSR count). The molecule has 0 bridgehead atoms. The van der Waals surface area contributed by atoms with E-state index in [0.29, 0.717) is 15.9 Å². The molecule has 3 aromatic rings. The molecular weight excluding hydrogens is 317 g/mol. The number of H-pyrrole nitrogens is 1. The number of nitrogens with zero attached hydrogens (tertiary/aromatic N) is 1. The number of aromatic hydroxyl groups is 1. The van der Waals surface area contributed by atoms with Crippen LogP contribution < -0.4 is 0 Å². The van der Waals surface area contributed by atoms with Crippen LogP contribution in [-0.4, -0.2) is 16.3 Å². The lowest BCUT2D eigenvalue weighted by atomic mass is 10.2. The van der Waals surface area contributed by atoms with Gasteiger partial charge in [-0.15, -0.1) is 0 Å². The molecule has 22 heavy (non-hydrogen) atoms. The van der Waals surface area contributed by atoms with Gasteiger partial charge in [-0.3, -0.25) is 4.99 Å². The number of fused-ring (bicyclic) bond motifs is 1. The third-order valence-corrected chi connectivity index (χ3v) is 3.36. The lowest BCUT2D eigenvalue weighted by Gasteiger charge is -1.99. The van der Waals surface area contributed by atoms with Gasteiger partial charge in [0.05, 0.1) is 5.56 Å². The summed E-state index contributed by atoms with van der Waals surface area (Å²) in [5.74, 6) is -4.48. The van der Waals surface area contributed by atoms with E-state index in [1.54, 1.807) is 18.2 Å². The van der Waals surface area contributed by atoms with E-state index >= 15 is 0 Å². The number of hydrogen-bond acceptors (Lipinski definition) is 2. The fraction of sp³-hybridized carbons (Fsp3) is 0. The summed E-state index contributed by atoms with van der Waals surface area (Å²) in [5, 5.41) is 10.9. The van der Waals surface area contributed by atoms with E-state index in [1.807, 2.05) is 0 Å². The van der Waals surface area contributed by atoms with E-state index in [9.17, 15) is 18.3 Å². The maximum absolute atomic E-state index is 13.5. The van der Waals surface area contributed by atoms with Crippen LogP contribution in [0.1, 0.15) is 5.56 Å². The quantitative estimate of drug-likeness (QED) is 0.521. The average Bonchev–Trinajstić information content (AvgIpc) is 2.79. The summed E-state index contributed by atoms with van der Waals surface area (Å²) >= 11 is 5.89. The third-order valence-electron chi connectivity index (χ3n) is 3.13. The number of aromatic amines is 1. The van der Waals surface area contributed by atoms with Gasteiger partial charge in [-0.25, -0.2) is 13.2 Å². The van der Waals surface area contributed by atoms with Gasteiger partial charge in [0.25, 0.3) is 0 Å². The van der Waals surface area contributed by atoms with Gasteiger partial charge in [0, 0.05) is 22.1 Å². The first kappa shape index (κ1) is 14.5. The first-order valence-corrected chi connectivity index (χ1v) is 6.53. The van der Waals surface area contributed by atoms with Crippen molar-refractivity contribution in [1.82, 2.24) is 4.98 Å². The van der Waals surface area contributed by atoms with Crippen LogP contribution in [0.5, 0.6) is 5.88 Å². The fourth-order valence-corrected chi connectivity index (χ4v) is 2.22. The molecule has 1 aromatic heterocycles. The van der Waals surface area contributed by atoms with Crippen LogP contribution in [0.3, 0.4) is 0 Å². The van der Waals surface area contributed by atoms with Crippen molar-refractivity contribution in [2.24, 2.45) is 4.99 Å². The number of nitrogens with one attached hydrogen (secondary N) is 1. The molecule has 0 fully saturated rings. The van der Waals surface area contributed by atoms with Gasteiger partial charge in [0.15, 0.2) is 23.3 Å². The first-order valence-electron chi connectivity index (χ1n) is 6.15. The smallest absolute Gasteiger partial charge is 0.198 e. The van der Waals surface area contributed by atoms with Gasteiger partial charge < -0.3 is 10.1 Å². The van der Waals surface area contributed by atoms with Crippen LogP contribution in [0.15, 0.2) is 35.3 Å². The molecule has 0 spiro atoms. The summed E-state index contributed by atoms with van der Waals surface area (Å²) in [7, 11) is 0. The van der Waals surface area contributed by atoms with Crippen LogP contribution in [0.25, 0.3) is 10.9 Å². The Kier molecular flexibility index (Phi) is 3.54. The van der Waals surface area contributed by atoms with Crippen molar-refractivity contribution < 1.29 is 18.3 Å². The monoisotopic (exact) mass is 324 g/mol. The molecule has 2 N–H and O–H groups in total. The second kappa shape index (κ2) is 5.38. The fourth-order valence-electron chi connectivity index (χ4n) is 2.05. The minimum Gasteiger partial charge on any atom is -0.494 e. The Morgan fingerprint density at radius 3 is 2.64 bits per heavy atom. The number of hydrogen-bond donors (Lipinski definition) is 2. The molecule has 0 aliphatic rings. The van der Waals surface area contributed by atoms with Crippen LogP contribution >= 0.6 is 11.6 Å². The van der Waals surface area contributed by atoms with E-state index in [1.165, 1.54) is 0 Å². The van der Waals surface area contributed by atoms with Gasteiger partial charge in [-0.1, -0.05) is 11.6 Å². The van der Waals surface area contributed by atoms with E-state index in [0.717, 1.165) is 18.3 Å². The molecule has 0 radical (unpaired) electrons. The van der Waals surface area contributed by atoms with Crippen molar-refractivity contribution in [3.8, 4) is 5.88 Å². The zero-order chi connectivity index (χ0) is 15.9. The van der Waals surface area contributed by atoms with Crippen molar-refractivity contribution in [3.63, 3.8) is 0 Å². The Balaban J connectivity index is 2.08. The highest BCUT2D eigenvalue weighted by Crippen LogP contribution is 2.29. The highest BCUT2D eigenvalue weighted by Gasteiger charge is 2.13. The van der Waals surface area contributed by atoms with Gasteiger partial charge in [-0.05, 0) is 30.3 Å². The largest absolute Gasteiger partial charge is 0.494 e. The van der Waals surface area contributed by atoms with Crippen molar-refractivity contribution in [1.29, 1.82) is 0 Å². The minimum atomic E-state index is -1.60. The van der Waals surface area contributed by atoms with Crippen LogP contribution in [0, 0.1) is 17.5 Å². The van der Waals surface area contributed by atoms with E-state index in [4.69, 9.17) is 11.6 Å². The van der Waals surface area contributed by atoms with Crippen LogP contribution in [-0.2, 0) is 0 Å². The summed E-state index contributed by atoms with van der Waals surface area (Å²) in [6, 6.07) is 6.67. The third kappa shape index (κ3) is 2.42. The van der Waals surface area contributed by atoms with Gasteiger partial charge in [0.2, 0.25) is 0 Å². The Labute approximate surface area is 127 Å². The Morgan fingerprint density at radius 2 is 1.86 bits per heavy atom. The summed E-state index contributed by atoms with van der Waals surface area (Å²) < 4.78 is 39.6. The van der Waals surface area contributed by atoms with Crippen LogP contribution in [0.2, 0.25) is 5.02 Å². The number of aromatic nitrogens is 1. The molecule has 0 saturated carbocycles. The number of benzene rings is 2. The second-order valence-corrected chi connectivity index (χ2v) is 4.97. The van der Waals surface area contributed by atoms with E-state index in [2.05, 4.69) is 9.98 Å². The van der Waals surface area contributed by atoms with E-state index < -0.39 is 17.5 Å².